The number of carbonyl (C=O) groups excluding carboxylic acids is 1. The highest BCUT2D eigenvalue weighted by Crippen LogP contribution is 2.29. The SMILES string of the molecule is C.Cc1ccc(O)c(NC(=O)c2ccc3cccnc3c2O)c1. The van der Waals surface area contributed by atoms with Gasteiger partial charge in [0.2, 0.25) is 0 Å². The third kappa shape index (κ3) is 3.08. The van der Waals surface area contributed by atoms with Gasteiger partial charge in [-0.2, -0.15) is 0 Å². The Morgan fingerprint density at radius 2 is 1.91 bits per heavy atom. The van der Waals surface area contributed by atoms with Gasteiger partial charge in [-0.15, -0.1) is 0 Å². The van der Waals surface area contributed by atoms with Crippen molar-refractivity contribution in [3.63, 3.8) is 0 Å². The number of benzene rings is 2. The molecule has 0 aliphatic carbocycles. The van der Waals surface area contributed by atoms with Gasteiger partial charge in [0.1, 0.15) is 11.3 Å². The Bertz CT molecular complexity index is 875. The van der Waals surface area contributed by atoms with Crippen LogP contribution < -0.4 is 5.32 Å². The second-order valence-corrected chi connectivity index (χ2v) is 5.01. The summed E-state index contributed by atoms with van der Waals surface area (Å²) in [5, 5.41) is 23.4. The zero-order valence-corrected chi connectivity index (χ0v) is 11.9. The molecule has 1 amide bonds. The van der Waals surface area contributed by atoms with Gasteiger partial charge in [-0.1, -0.05) is 25.6 Å². The number of carbonyl (C=O) groups is 1. The molecule has 0 unspecified atom stereocenters. The van der Waals surface area contributed by atoms with E-state index >= 15 is 0 Å². The molecule has 0 fully saturated rings. The minimum atomic E-state index is -0.508. The number of nitrogens with zero attached hydrogens (tertiary/aromatic N) is 1. The minimum Gasteiger partial charge on any atom is -0.506 e. The van der Waals surface area contributed by atoms with Crippen LogP contribution in [0.5, 0.6) is 11.5 Å². The fourth-order valence-electron chi connectivity index (χ4n) is 2.25. The summed E-state index contributed by atoms with van der Waals surface area (Å²) < 4.78 is 0. The summed E-state index contributed by atoms with van der Waals surface area (Å²) in [5.74, 6) is -0.717. The molecule has 23 heavy (non-hydrogen) atoms. The Morgan fingerprint density at radius 3 is 2.70 bits per heavy atom. The monoisotopic (exact) mass is 310 g/mol. The highest BCUT2D eigenvalue weighted by Gasteiger charge is 2.16. The number of pyridine rings is 1. The van der Waals surface area contributed by atoms with Crippen LogP contribution >= 0.6 is 0 Å². The van der Waals surface area contributed by atoms with Crippen molar-refractivity contribution in [1.29, 1.82) is 0 Å². The van der Waals surface area contributed by atoms with Crippen LogP contribution in [0.25, 0.3) is 10.9 Å². The molecule has 5 nitrogen and oxygen atoms in total. The summed E-state index contributed by atoms with van der Waals surface area (Å²) in [6.45, 7) is 1.85. The summed E-state index contributed by atoms with van der Waals surface area (Å²) in [6, 6.07) is 11.7. The van der Waals surface area contributed by atoms with E-state index in [1.807, 2.05) is 6.92 Å². The molecule has 0 aliphatic heterocycles. The molecule has 3 N–H and O–H groups in total. The van der Waals surface area contributed by atoms with Gasteiger partial charge in [0.25, 0.3) is 5.91 Å². The number of rotatable bonds is 2. The van der Waals surface area contributed by atoms with Crippen molar-refractivity contribution in [3.05, 3.63) is 59.8 Å². The smallest absolute Gasteiger partial charge is 0.259 e. The Hall–Kier alpha value is -3.08. The van der Waals surface area contributed by atoms with Crippen LogP contribution in [-0.2, 0) is 0 Å². The number of phenolic OH excluding ortho intramolecular Hbond substituents is 2. The molecule has 0 radical (unpaired) electrons. The number of anilines is 1. The first kappa shape index (κ1) is 16.3. The van der Waals surface area contributed by atoms with Gasteiger partial charge in [0.15, 0.2) is 5.75 Å². The molecule has 0 saturated carbocycles. The zero-order valence-electron chi connectivity index (χ0n) is 11.9. The Morgan fingerprint density at radius 1 is 1.13 bits per heavy atom. The zero-order chi connectivity index (χ0) is 15.7. The molecule has 118 valence electrons. The maximum absolute atomic E-state index is 12.3. The Kier molecular flexibility index (Phi) is 4.50. The van der Waals surface area contributed by atoms with Gasteiger partial charge in [-0.3, -0.25) is 9.78 Å². The van der Waals surface area contributed by atoms with Gasteiger partial charge in [0, 0.05) is 11.6 Å². The van der Waals surface area contributed by atoms with Crippen LogP contribution in [-0.4, -0.2) is 21.1 Å². The first-order valence-electron chi connectivity index (χ1n) is 6.74. The lowest BCUT2D eigenvalue weighted by molar-refractivity contribution is 0.102. The predicted octanol–water partition coefficient (Wildman–Crippen LogP) is 3.84. The minimum absolute atomic E-state index is 0. The van der Waals surface area contributed by atoms with E-state index in [0.29, 0.717) is 11.2 Å². The number of amides is 1. The fourth-order valence-corrected chi connectivity index (χ4v) is 2.25. The van der Waals surface area contributed by atoms with Crippen molar-refractivity contribution in [2.75, 3.05) is 5.32 Å². The van der Waals surface area contributed by atoms with Crippen molar-refractivity contribution >= 4 is 22.5 Å². The molecule has 0 aliphatic rings. The normalized spacial score (nSPS) is 10.1. The van der Waals surface area contributed by atoms with Gasteiger partial charge in [-0.05, 0) is 36.8 Å². The molecule has 0 bridgehead atoms. The number of nitrogens with one attached hydrogen (secondary N) is 1. The van der Waals surface area contributed by atoms with Crippen molar-refractivity contribution in [1.82, 2.24) is 4.98 Å². The van der Waals surface area contributed by atoms with Gasteiger partial charge in [0.05, 0.1) is 11.3 Å². The summed E-state index contributed by atoms with van der Waals surface area (Å²) in [4.78, 5) is 16.4. The molecule has 0 saturated heterocycles. The van der Waals surface area contributed by atoms with Gasteiger partial charge >= 0.3 is 0 Å². The molecule has 3 aromatic rings. The first-order valence-corrected chi connectivity index (χ1v) is 6.74. The average molecular weight is 310 g/mol. The molecular formula is C18H18N2O3. The molecule has 0 spiro atoms. The molecule has 2 aromatic carbocycles. The number of hydrogen-bond acceptors (Lipinski definition) is 4. The number of aromatic hydroxyl groups is 2. The van der Waals surface area contributed by atoms with E-state index < -0.39 is 5.91 Å². The summed E-state index contributed by atoms with van der Waals surface area (Å²) in [7, 11) is 0. The van der Waals surface area contributed by atoms with E-state index in [2.05, 4.69) is 10.3 Å². The van der Waals surface area contributed by atoms with E-state index in [1.54, 1.807) is 36.5 Å². The molecule has 3 rings (SSSR count). The number of aryl methyl sites for hydroxylation is 1. The molecule has 1 aromatic heterocycles. The third-order valence-corrected chi connectivity index (χ3v) is 3.39. The van der Waals surface area contributed by atoms with Crippen molar-refractivity contribution in [2.24, 2.45) is 0 Å². The highest BCUT2D eigenvalue weighted by molar-refractivity contribution is 6.09. The Balaban J connectivity index is 0.00000192. The third-order valence-electron chi connectivity index (χ3n) is 3.39. The van der Waals surface area contributed by atoms with E-state index in [1.165, 1.54) is 12.1 Å². The topological polar surface area (TPSA) is 82.5 Å². The maximum Gasteiger partial charge on any atom is 0.259 e. The summed E-state index contributed by atoms with van der Waals surface area (Å²) >= 11 is 0. The van der Waals surface area contributed by atoms with Gasteiger partial charge in [-0.25, -0.2) is 0 Å². The van der Waals surface area contributed by atoms with E-state index in [-0.39, 0.29) is 24.5 Å². The average Bonchev–Trinajstić information content (AvgIpc) is 2.51. The van der Waals surface area contributed by atoms with Crippen LogP contribution in [0.3, 0.4) is 0 Å². The second-order valence-electron chi connectivity index (χ2n) is 5.01. The quantitative estimate of drug-likeness (QED) is 0.628. The van der Waals surface area contributed by atoms with Crippen molar-refractivity contribution < 1.29 is 15.0 Å². The van der Waals surface area contributed by atoms with Crippen LogP contribution in [0.1, 0.15) is 23.3 Å². The Labute approximate surface area is 134 Å². The predicted molar refractivity (Wildman–Crippen MR) is 90.9 cm³/mol. The lowest BCUT2D eigenvalue weighted by atomic mass is 10.1. The molecular weight excluding hydrogens is 292 g/mol. The lowest BCUT2D eigenvalue weighted by Gasteiger charge is -2.10. The highest BCUT2D eigenvalue weighted by atomic mass is 16.3. The van der Waals surface area contributed by atoms with E-state index in [4.69, 9.17) is 0 Å². The summed E-state index contributed by atoms with van der Waals surface area (Å²) in [6.07, 6.45) is 1.55. The second kappa shape index (κ2) is 6.36. The van der Waals surface area contributed by atoms with Crippen LogP contribution in [0, 0.1) is 6.92 Å². The number of fused-ring (bicyclic) bond motifs is 1. The van der Waals surface area contributed by atoms with Gasteiger partial charge < -0.3 is 15.5 Å². The maximum atomic E-state index is 12.3. The summed E-state index contributed by atoms with van der Waals surface area (Å²) in [5.41, 5.74) is 1.67. The van der Waals surface area contributed by atoms with Crippen molar-refractivity contribution in [3.8, 4) is 11.5 Å². The van der Waals surface area contributed by atoms with Crippen LogP contribution in [0.2, 0.25) is 0 Å². The molecule has 0 atom stereocenters. The number of phenols is 2. The van der Waals surface area contributed by atoms with E-state index in [9.17, 15) is 15.0 Å². The van der Waals surface area contributed by atoms with E-state index in [0.717, 1.165) is 10.9 Å². The molecule has 5 heteroatoms. The fraction of sp³-hybridized carbons (Fsp3) is 0.111. The number of hydrogen-bond donors (Lipinski definition) is 3. The first-order chi connectivity index (χ1) is 10.6. The lowest BCUT2D eigenvalue weighted by Crippen LogP contribution is -2.12. The van der Waals surface area contributed by atoms with Crippen molar-refractivity contribution in [2.45, 2.75) is 14.4 Å². The molecule has 1 heterocycles. The van der Waals surface area contributed by atoms with Crippen LogP contribution in [0.15, 0.2) is 48.7 Å². The van der Waals surface area contributed by atoms with Crippen LogP contribution in [0.4, 0.5) is 5.69 Å². The largest absolute Gasteiger partial charge is 0.506 e. The number of aromatic nitrogens is 1. The standard InChI is InChI=1S/C17H14N2O3.CH4/c1-10-4-7-14(20)13(9-10)19-17(22)12-6-5-11-3-2-8-18-15(11)16(12)21;/h2-9,20-21H,1H3,(H,19,22);1H4.